The molecule has 10 nitrogen and oxygen atoms in total. The van der Waals surface area contributed by atoms with Crippen LogP contribution in [0.25, 0.3) is 0 Å². The SMILES string of the molecule is COc1ccc(C2(C)NC(=O)N(CC(=O)N3CCC(C(=O)Nc4nc(C)cs4)CC3)C2=O)cc1. The zero-order valence-corrected chi connectivity index (χ0v) is 20.1. The van der Waals surface area contributed by atoms with E-state index in [9.17, 15) is 19.2 Å². The van der Waals surface area contributed by atoms with Crippen LogP contribution in [0.4, 0.5) is 9.93 Å². The minimum absolute atomic E-state index is 0.106. The molecule has 34 heavy (non-hydrogen) atoms. The van der Waals surface area contributed by atoms with E-state index in [0.717, 1.165) is 10.6 Å². The molecule has 3 heterocycles. The van der Waals surface area contributed by atoms with Gasteiger partial charge in [0.15, 0.2) is 5.13 Å². The van der Waals surface area contributed by atoms with Crippen molar-refractivity contribution < 1.29 is 23.9 Å². The molecule has 1 unspecified atom stereocenters. The van der Waals surface area contributed by atoms with Gasteiger partial charge in [0.05, 0.1) is 12.8 Å². The summed E-state index contributed by atoms with van der Waals surface area (Å²) in [7, 11) is 1.55. The number of amides is 5. The number of likely N-dealkylation sites (tertiary alicyclic amines) is 1. The van der Waals surface area contributed by atoms with Crippen molar-refractivity contribution in [2.75, 3.05) is 32.1 Å². The van der Waals surface area contributed by atoms with Crippen molar-refractivity contribution in [2.45, 2.75) is 32.2 Å². The van der Waals surface area contributed by atoms with Crippen molar-refractivity contribution >= 4 is 40.2 Å². The number of aromatic nitrogens is 1. The molecule has 0 bridgehead atoms. The molecule has 0 spiro atoms. The summed E-state index contributed by atoms with van der Waals surface area (Å²) in [5.41, 5.74) is 0.191. The fourth-order valence-corrected chi connectivity index (χ4v) is 4.90. The maximum atomic E-state index is 13.1. The number of carbonyl (C=O) groups is 4. The van der Waals surface area contributed by atoms with Gasteiger partial charge < -0.3 is 20.3 Å². The van der Waals surface area contributed by atoms with Gasteiger partial charge in [-0.1, -0.05) is 12.1 Å². The second-order valence-electron chi connectivity index (χ2n) is 8.61. The number of aryl methyl sites for hydroxylation is 1. The normalized spacial score (nSPS) is 20.9. The minimum Gasteiger partial charge on any atom is -0.497 e. The number of benzene rings is 1. The van der Waals surface area contributed by atoms with Gasteiger partial charge in [0, 0.05) is 24.4 Å². The van der Waals surface area contributed by atoms with Crippen molar-refractivity contribution in [3.63, 3.8) is 0 Å². The van der Waals surface area contributed by atoms with Crippen LogP contribution in [0.2, 0.25) is 0 Å². The van der Waals surface area contributed by atoms with Gasteiger partial charge in [-0.15, -0.1) is 11.3 Å². The van der Waals surface area contributed by atoms with E-state index < -0.39 is 17.5 Å². The summed E-state index contributed by atoms with van der Waals surface area (Å²) in [5.74, 6) is -0.495. The van der Waals surface area contributed by atoms with Crippen molar-refractivity contribution in [1.29, 1.82) is 0 Å². The van der Waals surface area contributed by atoms with Gasteiger partial charge in [-0.05, 0) is 44.4 Å². The first-order valence-electron chi connectivity index (χ1n) is 11.0. The third-order valence-electron chi connectivity index (χ3n) is 6.30. The zero-order valence-electron chi connectivity index (χ0n) is 19.3. The van der Waals surface area contributed by atoms with Gasteiger partial charge in [-0.25, -0.2) is 9.78 Å². The second kappa shape index (κ2) is 9.41. The highest BCUT2D eigenvalue weighted by Crippen LogP contribution is 2.30. The van der Waals surface area contributed by atoms with Crippen LogP contribution in [-0.2, 0) is 19.9 Å². The number of hydrogen-bond donors (Lipinski definition) is 2. The Kier molecular flexibility index (Phi) is 6.56. The van der Waals surface area contributed by atoms with E-state index in [2.05, 4.69) is 15.6 Å². The van der Waals surface area contributed by atoms with E-state index in [1.807, 2.05) is 12.3 Å². The molecular formula is C23H27N5O5S. The number of rotatable bonds is 6. The first kappa shape index (κ1) is 23.7. The van der Waals surface area contributed by atoms with Gasteiger partial charge in [0.1, 0.15) is 17.8 Å². The summed E-state index contributed by atoms with van der Waals surface area (Å²) < 4.78 is 5.15. The fourth-order valence-electron chi connectivity index (χ4n) is 4.21. The Morgan fingerprint density at radius 2 is 1.91 bits per heavy atom. The van der Waals surface area contributed by atoms with Crippen molar-refractivity contribution in [3.8, 4) is 5.75 Å². The number of carbonyl (C=O) groups excluding carboxylic acids is 4. The zero-order chi connectivity index (χ0) is 24.5. The predicted octanol–water partition coefficient (Wildman–Crippen LogP) is 2.10. The Labute approximate surface area is 201 Å². The monoisotopic (exact) mass is 485 g/mol. The molecule has 5 amide bonds. The van der Waals surface area contributed by atoms with Crippen molar-refractivity contribution in [2.24, 2.45) is 5.92 Å². The summed E-state index contributed by atoms with van der Waals surface area (Å²) in [6.45, 7) is 3.90. The number of hydrogen-bond acceptors (Lipinski definition) is 7. The van der Waals surface area contributed by atoms with Crippen molar-refractivity contribution in [1.82, 2.24) is 20.1 Å². The molecule has 2 saturated heterocycles. The topological polar surface area (TPSA) is 121 Å². The summed E-state index contributed by atoms with van der Waals surface area (Å²) in [6.07, 6.45) is 1.01. The Morgan fingerprint density at radius 3 is 2.50 bits per heavy atom. The second-order valence-corrected chi connectivity index (χ2v) is 9.47. The van der Waals surface area contributed by atoms with Crippen LogP contribution in [0.5, 0.6) is 5.75 Å². The van der Waals surface area contributed by atoms with E-state index >= 15 is 0 Å². The number of imide groups is 1. The van der Waals surface area contributed by atoms with Gasteiger partial charge in [-0.2, -0.15) is 0 Å². The van der Waals surface area contributed by atoms with Gasteiger partial charge in [0.2, 0.25) is 11.8 Å². The molecule has 2 aromatic rings. The number of thiazole rings is 1. The summed E-state index contributed by atoms with van der Waals surface area (Å²) >= 11 is 1.38. The number of ether oxygens (including phenoxy) is 1. The number of piperidine rings is 1. The van der Waals surface area contributed by atoms with Crippen LogP contribution in [0, 0.1) is 12.8 Å². The molecule has 2 fully saturated rings. The molecule has 1 aromatic carbocycles. The fraction of sp³-hybridized carbons (Fsp3) is 0.435. The van der Waals surface area contributed by atoms with Gasteiger partial charge in [-0.3, -0.25) is 19.3 Å². The lowest BCUT2D eigenvalue weighted by Gasteiger charge is -2.32. The molecule has 2 aliphatic rings. The Balaban J connectivity index is 1.33. The van der Waals surface area contributed by atoms with Gasteiger partial charge in [0.25, 0.3) is 5.91 Å². The highest BCUT2D eigenvalue weighted by Gasteiger charge is 2.49. The summed E-state index contributed by atoms with van der Waals surface area (Å²) in [6, 6.07) is 6.24. The van der Waals surface area contributed by atoms with E-state index in [4.69, 9.17) is 4.74 Å². The molecule has 2 aliphatic heterocycles. The molecule has 0 saturated carbocycles. The number of anilines is 1. The lowest BCUT2D eigenvalue weighted by atomic mass is 9.92. The highest BCUT2D eigenvalue weighted by molar-refractivity contribution is 7.13. The van der Waals surface area contributed by atoms with Crippen molar-refractivity contribution in [3.05, 3.63) is 40.9 Å². The van der Waals surface area contributed by atoms with Crippen LogP contribution in [-0.4, -0.2) is 65.3 Å². The van der Waals surface area contributed by atoms with Crippen LogP contribution in [0.3, 0.4) is 0 Å². The van der Waals surface area contributed by atoms with Gasteiger partial charge >= 0.3 is 6.03 Å². The number of nitrogens with zero attached hydrogens (tertiary/aromatic N) is 3. The molecule has 4 rings (SSSR count). The number of urea groups is 1. The van der Waals surface area contributed by atoms with E-state index in [0.29, 0.717) is 42.4 Å². The summed E-state index contributed by atoms with van der Waals surface area (Å²) in [4.78, 5) is 57.9. The average Bonchev–Trinajstić information content (AvgIpc) is 3.34. The lowest BCUT2D eigenvalue weighted by Crippen LogP contribution is -2.47. The summed E-state index contributed by atoms with van der Waals surface area (Å²) in [5, 5.41) is 7.97. The van der Waals surface area contributed by atoms with E-state index in [1.165, 1.54) is 11.3 Å². The van der Waals surface area contributed by atoms with Crippen LogP contribution in [0.15, 0.2) is 29.6 Å². The molecule has 180 valence electrons. The average molecular weight is 486 g/mol. The molecule has 2 N–H and O–H groups in total. The van der Waals surface area contributed by atoms with Crippen LogP contribution in [0.1, 0.15) is 31.0 Å². The molecule has 1 aromatic heterocycles. The first-order valence-corrected chi connectivity index (χ1v) is 11.9. The Bertz CT molecular complexity index is 1110. The minimum atomic E-state index is -1.26. The van der Waals surface area contributed by atoms with Crippen LogP contribution >= 0.6 is 11.3 Å². The van der Waals surface area contributed by atoms with E-state index in [-0.39, 0.29) is 24.3 Å². The standard InChI is InChI=1S/C23H27N5O5S/c1-14-13-34-21(24-14)25-19(30)15-8-10-27(11-9-15)18(29)12-28-20(31)23(2,26-22(28)32)16-4-6-17(33-3)7-5-16/h4-7,13,15H,8-12H2,1-3H3,(H,26,32)(H,24,25,30). The number of nitrogens with one attached hydrogen (secondary N) is 2. The quantitative estimate of drug-likeness (QED) is 0.605. The Morgan fingerprint density at radius 1 is 1.24 bits per heavy atom. The smallest absolute Gasteiger partial charge is 0.325 e. The third kappa shape index (κ3) is 4.60. The maximum absolute atomic E-state index is 13.1. The maximum Gasteiger partial charge on any atom is 0.325 e. The molecule has 11 heteroatoms. The molecular weight excluding hydrogens is 458 g/mol. The third-order valence-corrected chi connectivity index (χ3v) is 7.18. The first-order chi connectivity index (χ1) is 16.2. The van der Waals surface area contributed by atoms with Crippen LogP contribution < -0.4 is 15.4 Å². The molecule has 1 atom stereocenters. The molecule has 0 radical (unpaired) electrons. The Hall–Kier alpha value is -3.47. The number of methoxy groups -OCH3 is 1. The lowest BCUT2D eigenvalue weighted by molar-refractivity contribution is -0.140. The molecule has 0 aliphatic carbocycles. The predicted molar refractivity (Wildman–Crippen MR) is 125 cm³/mol. The highest BCUT2D eigenvalue weighted by atomic mass is 32.1. The largest absolute Gasteiger partial charge is 0.497 e. The van der Waals surface area contributed by atoms with E-state index in [1.54, 1.807) is 43.2 Å².